The summed E-state index contributed by atoms with van der Waals surface area (Å²) in [5.74, 6) is -0.0139. The molecule has 0 saturated carbocycles. The summed E-state index contributed by atoms with van der Waals surface area (Å²) in [6.07, 6.45) is 0.425. The van der Waals surface area contributed by atoms with Crippen molar-refractivity contribution in [2.75, 3.05) is 7.05 Å². The van der Waals surface area contributed by atoms with Gasteiger partial charge in [-0.15, -0.1) is 0 Å². The number of nitrogens with two attached hydrogens (primary N) is 1. The van der Waals surface area contributed by atoms with E-state index in [0.29, 0.717) is 6.42 Å². The van der Waals surface area contributed by atoms with Crippen LogP contribution < -0.4 is 11.1 Å². The lowest BCUT2D eigenvalue weighted by Gasteiger charge is -2.09. The lowest BCUT2D eigenvalue weighted by atomic mass is 10.1. The maximum atomic E-state index is 11.1. The van der Waals surface area contributed by atoms with Crippen LogP contribution in [-0.2, 0) is 11.2 Å². The Bertz CT molecular complexity index is 326. The maximum absolute atomic E-state index is 11.1. The van der Waals surface area contributed by atoms with Gasteiger partial charge in [0.15, 0.2) is 0 Å². The number of aromatic hydroxyl groups is 1. The fourth-order valence-corrected chi connectivity index (χ4v) is 1.22. The van der Waals surface area contributed by atoms with E-state index < -0.39 is 6.04 Å². The van der Waals surface area contributed by atoms with E-state index in [2.05, 4.69) is 5.32 Å². The van der Waals surface area contributed by atoms with Crippen molar-refractivity contribution >= 4 is 5.91 Å². The molecule has 0 fully saturated rings. The molecule has 1 aromatic rings. The van der Waals surface area contributed by atoms with Crippen LogP contribution in [0.25, 0.3) is 0 Å². The summed E-state index contributed by atoms with van der Waals surface area (Å²) < 4.78 is 0. The summed E-state index contributed by atoms with van der Waals surface area (Å²) in [7, 11) is 1.55. The van der Waals surface area contributed by atoms with Gasteiger partial charge in [0.1, 0.15) is 5.75 Å². The number of hydrogen-bond acceptors (Lipinski definition) is 3. The van der Waals surface area contributed by atoms with Crippen molar-refractivity contribution in [2.45, 2.75) is 12.5 Å². The first-order valence-electron chi connectivity index (χ1n) is 4.38. The van der Waals surface area contributed by atoms with Gasteiger partial charge in [-0.25, -0.2) is 0 Å². The number of hydrogen-bond donors (Lipinski definition) is 3. The molecule has 0 saturated heterocycles. The molecule has 0 aliphatic heterocycles. The minimum absolute atomic E-state index is 0.187. The molecule has 1 rings (SSSR count). The van der Waals surface area contributed by atoms with E-state index in [1.54, 1.807) is 25.2 Å². The summed E-state index contributed by atoms with van der Waals surface area (Å²) in [6, 6.07) is 6.16. The van der Waals surface area contributed by atoms with E-state index in [-0.39, 0.29) is 11.7 Å². The van der Waals surface area contributed by atoms with E-state index in [1.165, 1.54) is 0 Å². The van der Waals surface area contributed by atoms with Crippen molar-refractivity contribution in [1.82, 2.24) is 5.32 Å². The van der Waals surface area contributed by atoms with Crippen LogP contribution in [0.4, 0.5) is 0 Å². The first-order chi connectivity index (χ1) is 6.63. The van der Waals surface area contributed by atoms with Crippen LogP contribution >= 0.6 is 0 Å². The Balaban J connectivity index is 2.64. The third-order valence-corrected chi connectivity index (χ3v) is 1.95. The SMILES string of the molecule is CNC(=O)[C@@H](N)Cc1cccc(O)c1. The quantitative estimate of drug-likeness (QED) is 0.634. The molecule has 0 heterocycles. The van der Waals surface area contributed by atoms with Gasteiger partial charge in [0.25, 0.3) is 0 Å². The topological polar surface area (TPSA) is 75.4 Å². The fourth-order valence-electron chi connectivity index (χ4n) is 1.22. The molecule has 0 aliphatic rings. The third kappa shape index (κ3) is 2.74. The maximum Gasteiger partial charge on any atom is 0.237 e. The largest absolute Gasteiger partial charge is 0.508 e. The molecule has 0 bridgehead atoms. The van der Waals surface area contributed by atoms with Crippen LogP contribution in [-0.4, -0.2) is 24.1 Å². The van der Waals surface area contributed by atoms with E-state index in [1.807, 2.05) is 6.07 Å². The molecule has 4 N–H and O–H groups in total. The lowest BCUT2D eigenvalue weighted by molar-refractivity contribution is -0.121. The number of rotatable bonds is 3. The molecule has 76 valence electrons. The molecule has 14 heavy (non-hydrogen) atoms. The van der Waals surface area contributed by atoms with Gasteiger partial charge in [0.2, 0.25) is 5.91 Å². The molecule has 0 spiro atoms. The van der Waals surface area contributed by atoms with Crippen LogP contribution in [0.2, 0.25) is 0 Å². The molecular weight excluding hydrogens is 180 g/mol. The predicted molar refractivity (Wildman–Crippen MR) is 53.9 cm³/mol. The molecular formula is C10H14N2O2. The van der Waals surface area contributed by atoms with Crippen LogP contribution in [0.3, 0.4) is 0 Å². The van der Waals surface area contributed by atoms with Gasteiger partial charge < -0.3 is 16.2 Å². The van der Waals surface area contributed by atoms with Crippen molar-refractivity contribution in [3.63, 3.8) is 0 Å². The molecule has 0 aromatic heterocycles. The number of amides is 1. The van der Waals surface area contributed by atoms with E-state index in [9.17, 15) is 9.90 Å². The average molecular weight is 194 g/mol. The highest BCUT2D eigenvalue weighted by molar-refractivity contribution is 5.81. The number of phenols is 1. The summed E-state index contributed by atoms with van der Waals surface area (Å²) in [5.41, 5.74) is 6.46. The Morgan fingerprint density at radius 1 is 1.64 bits per heavy atom. The third-order valence-electron chi connectivity index (χ3n) is 1.95. The van der Waals surface area contributed by atoms with Crippen molar-refractivity contribution < 1.29 is 9.90 Å². The summed E-state index contributed by atoms with van der Waals surface area (Å²) in [6.45, 7) is 0. The second-order valence-electron chi connectivity index (χ2n) is 3.09. The van der Waals surface area contributed by atoms with E-state index >= 15 is 0 Å². The molecule has 4 nitrogen and oxygen atoms in total. The Hall–Kier alpha value is -1.55. The summed E-state index contributed by atoms with van der Waals surface area (Å²) in [5, 5.41) is 11.7. The summed E-state index contributed by atoms with van der Waals surface area (Å²) in [4.78, 5) is 11.1. The summed E-state index contributed by atoms with van der Waals surface area (Å²) >= 11 is 0. The molecule has 0 unspecified atom stereocenters. The molecule has 1 amide bonds. The number of likely N-dealkylation sites (N-methyl/N-ethyl adjacent to an activating group) is 1. The van der Waals surface area contributed by atoms with Crippen LogP contribution in [0.15, 0.2) is 24.3 Å². The van der Waals surface area contributed by atoms with Gasteiger partial charge in [-0.2, -0.15) is 0 Å². The second kappa shape index (κ2) is 4.62. The van der Waals surface area contributed by atoms with Gasteiger partial charge in [0, 0.05) is 7.05 Å². The smallest absolute Gasteiger partial charge is 0.237 e. The van der Waals surface area contributed by atoms with Gasteiger partial charge in [0.05, 0.1) is 6.04 Å². The molecule has 1 aromatic carbocycles. The van der Waals surface area contributed by atoms with Crippen molar-refractivity contribution in [2.24, 2.45) is 5.73 Å². The standard InChI is InChI=1S/C10H14N2O2/c1-12-10(14)9(11)6-7-3-2-4-8(13)5-7/h2-5,9,13H,6,11H2,1H3,(H,12,14)/t9-/m0/s1. The Morgan fingerprint density at radius 2 is 2.36 bits per heavy atom. The van der Waals surface area contributed by atoms with Crippen molar-refractivity contribution in [3.05, 3.63) is 29.8 Å². The van der Waals surface area contributed by atoms with Crippen LogP contribution in [0.1, 0.15) is 5.56 Å². The molecule has 0 radical (unpaired) electrons. The zero-order valence-corrected chi connectivity index (χ0v) is 8.03. The van der Waals surface area contributed by atoms with Gasteiger partial charge in [-0.05, 0) is 24.1 Å². The highest BCUT2D eigenvalue weighted by Gasteiger charge is 2.11. The first-order valence-corrected chi connectivity index (χ1v) is 4.38. The number of nitrogens with one attached hydrogen (secondary N) is 1. The van der Waals surface area contributed by atoms with E-state index in [4.69, 9.17) is 5.73 Å². The fraction of sp³-hybridized carbons (Fsp3) is 0.300. The molecule has 1 atom stereocenters. The van der Waals surface area contributed by atoms with Gasteiger partial charge in [-0.1, -0.05) is 12.1 Å². The normalized spacial score (nSPS) is 12.1. The lowest BCUT2D eigenvalue weighted by Crippen LogP contribution is -2.40. The zero-order valence-electron chi connectivity index (χ0n) is 8.03. The van der Waals surface area contributed by atoms with Crippen LogP contribution in [0.5, 0.6) is 5.75 Å². The van der Waals surface area contributed by atoms with Gasteiger partial charge in [-0.3, -0.25) is 4.79 Å². The number of benzene rings is 1. The first kappa shape index (κ1) is 10.5. The average Bonchev–Trinajstić information content (AvgIpc) is 2.16. The number of carbonyl (C=O) groups is 1. The Morgan fingerprint density at radius 3 is 2.93 bits per heavy atom. The Labute approximate surface area is 82.7 Å². The minimum atomic E-state index is -0.568. The van der Waals surface area contributed by atoms with E-state index in [0.717, 1.165) is 5.56 Å². The number of phenolic OH excluding ortho intramolecular Hbond substituents is 1. The second-order valence-corrected chi connectivity index (χ2v) is 3.09. The molecule has 4 heteroatoms. The van der Waals surface area contributed by atoms with Gasteiger partial charge >= 0.3 is 0 Å². The molecule has 0 aliphatic carbocycles. The van der Waals surface area contributed by atoms with Crippen molar-refractivity contribution in [3.8, 4) is 5.75 Å². The highest BCUT2D eigenvalue weighted by Crippen LogP contribution is 2.11. The number of carbonyl (C=O) groups excluding carboxylic acids is 1. The highest BCUT2D eigenvalue weighted by atomic mass is 16.3. The monoisotopic (exact) mass is 194 g/mol. The van der Waals surface area contributed by atoms with Crippen LogP contribution in [0, 0.1) is 0 Å². The Kier molecular flexibility index (Phi) is 3.48. The minimum Gasteiger partial charge on any atom is -0.508 e. The predicted octanol–water partition coefficient (Wildman–Crippen LogP) is 0.00800. The zero-order chi connectivity index (χ0) is 10.6. The van der Waals surface area contributed by atoms with Crippen molar-refractivity contribution in [1.29, 1.82) is 0 Å².